The molecule has 1 unspecified atom stereocenters. The normalized spacial score (nSPS) is 17.1. The van der Waals surface area contributed by atoms with Gasteiger partial charge in [0.25, 0.3) is 0 Å². The van der Waals surface area contributed by atoms with Gasteiger partial charge < -0.3 is 10.2 Å². The highest BCUT2D eigenvalue weighted by molar-refractivity contribution is 5.91. The van der Waals surface area contributed by atoms with Crippen LogP contribution in [-0.2, 0) is 11.8 Å². The number of pyridine rings is 1. The van der Waals surface area contributed by atoms with E-state index in [9.17, 15) is 4.79 Å². The number of rotatable bonds is 4. The highest BCUT2D eigenvalue weighted by Gasteiger charge is 2.26. The average Bonchev–Trinajstić information content (AvgIpc) is 3.00. The van der Waals surface area contributed by atoms with Gasteiger partial charge in [-0.15, -0.1) is 0 Å². The summed E-state index contributed by atoms with van der Waals surface area (Å²) in [5.41, 5.74) is 2.48. The minimum absolute atomic E-state index is 0.0158. The fourth-order valence-corrected chi connectivity index (χ4v) is 3.87. The summed E-state index contributed by atoms with van der Waals surface area (Å²) in [5, 5.41) is 8.51. The summed E-state index contributed by atoms with van der Waals surface area (Å²) in [5.74, 6) is 1.93. The Balaban J connectivity index is 1.75. The predicted octanol–water partition coefficient (Wildman–Crippen LogP) is 2.09. The molecule has 1 fully saturated rings. The van der Waals surface area contributed by atoms with Crippen LogP contribution in [0.25, 0.3) is 22.6 Å². The first-order valence-corrected chi connectivity index (χ1v) is 9.65. The molecule has 146 valence electrons. The third-order valence-electron chi connectivity index (χ3n) is 5.19. The zero-order valence-electron chi connectivity index (χ0n) is 16.5. The Labute approximate surface area is 164 Å². The van der Waals surface area contributed by atoms with Crippen LogP contribution in [0.2, 0.25) is 0 Å². The first-order valence-electron chi connectivity index (χ1n) is 9.65. The number of amides is 1. The Hall–Kier alpha value is -3.03. The van der Waals surface area contributed by atoms with Crippen LogP contribution in [0, 0.1) is 12.8 Å². The van der Waals surface area contributed by atoms with Gasteiger partial charge in [0.05, 0.1) is 11.1 Å². The summed E-state index contributed by atoms with van der Waals surface area (Å²) >= 11 is 0. The first-order chi connectivity index (χ1) is 13.5. The number of nitrogens with one attached hydrogen (secondary N) is 1. The third kappa shape index (κ3) is 3.54. The first kappa shape index (κ1) is 18.3. The standard InChI is InChI=1S/C20H25N7O/c1-13-17-19(26(3)25-13)23-18(16-8-4-5-9-21-16)24-20(17)27-10-6-7-15(12-27)11-22-14(2)28/h4-5,8-9,15H,6-7,10-12H2,1-3H3,(H,22,28). The van der Waals surface area contributed by atoms with Crippen LogP contribution in [0.5, 0.6) is 0 Å². The van der Waals surface area contributed by atoms with E-state index in [1.54, 1.807) is 17.8 Å². The van der Waals surface area contributed by atoms with Crippen molar-refractivity contribution in [1.29, 1.82) is 0 Å². The monoisotopic (exact) mass is 379 g/mol. The molecule has 4 rings (SSSR count). The van der Waals surface area contributed by atoms with Gasteiger partial charge in [-0.05, 0) is 37.8 Å². The van der Waals surface area contributed by atoms with Crippen molar-refractivity contribution >= 4 is 22.8 Å². The van der Waals surface area contributed by atoms with Crippen LogP contribution >= 0.6 is 0 Å². The summed E-state index contributed by atoms with van der Waals surface area (Å²) < 4.78 is 1.81. The quantitative estimate of drug-likeness (QED) is 0.747. The number of hydrogen-bond donors (Lipinski definition) is 1. The molecule has 0 spiro atoms. The maximum Gasteiger partial charge on any atom is 0.216 e. The number of aromatic nitrogens is 5. The lowest BCUT2D eigenvalue weighted by Crippen LogP contribution is -2.41. The Morgan fingerprint density at radius 1 is 1.32 bits per heavy atom. The SMILES string of the molecule is CC(=O)NCC1CCCN(c2nc(-c3ccccn3)nc3c2c(C)nn3C)C1. The molecule has 0 aliphatic carbocycles. The van der Waals surface area contributed by atoms with E-state index in [0.29, 0.717) is 18.3 Å². The second kappa shape index (κ2) is 7.53. The van der Waals surface area contributed by atoms with Gasteiger partial charge in [-0.25, -0.2) is 9.97 Å². The number of fused-ring (bicyclic) bond motifs is 1. The topological polar surface area (TPSA) is 88.8 Å². The summed E-state index contributed by atoms with van der Waals surface area (Å²) in [4.78, 5) is 27.7. The smallest absolute Gasteiger partial charge is 0.216 e. The third-order valence-corrected chi connectivity index (χ3v) is 5.19. The van der Waals surface area contributed by atoms with Gasteiger partial charge in [0.2, 0.25) is 5.91 Å². The van der Waals surface area contributed by atoms with Gasteiger partial charge in [-0.1, -0.05) is 6.07 Å². The fraction of sp³-hybridized carbons (Fsp3) is 0.450. The number of anilines is 1. The molecule has 3 aromatic heterocycles. The van der Waals surface area contributed by atoms with Crippen LogP contribution in [0.4, 0.5) is 5.82 Å². The van der Waals surface area contributed by atoms with E-state index in [-0.39, 0.29) is 5.91 Å². The molecule has 8 nitrogen and oxygen atoms in total. The van der Waals surface area contributed by atoms with E-state index in [4.69, 9.17) is 9.97 Å². The molecule has 1 aliphatic rings. The van der Waals surface area contributed by atoms with Crippen LogP contribution in [0.3, 0.4) is 0 Å². The molecule has 1 N–H and O–H groups in total. The van der Waals surface area contributed by atoms with E-state index in [0.717, 1.165) is 54.2 Å². The van der Waals surface area contributed by atoms with Crippen molar-refractivity contribution in [1.82, 2.24) is 30.0 Å². The van der Waals surface area contributed by atoms with E-state index in [2.05, 4.69) is 20.3 Å². The number of hydrogen-bond acceptors (Lipinski definition) is 6. The number of aryl methyl sites for hydroxylation is 2. The van der Waals surface area contributed by atoms with Crippen molar-refractivity contribution in [2.75, 3.05) is 24.5 Å². The highest BCUT2D eigenvalue weighted by Crippen LogP contribution is 2.31. The molecule has 1 amide bonds. The molecule has 0 radical (unpaired) electrons. The Kier molecular flexibility index (Phi) is 4.93. The molecule has 0 saturated carbocycles. The molecule has 3 aromatic rings. The molecule has 0 bridgehead atoms. The van der Waals surface area contributed by atoms with Gasteiger partial charge in [0, 0.05) is 39.8 Å². The molecular weight excluding hydrogens is 354 g/mol. The van der Waals surface area contributed by atoms with Crippen LogP contribution in [0.15, 0.2) is 24.4 Å². The second-order valence-corrected chi connectivity index (χ2v) is 7.38. The van der Waals surface area contributed by atoms with Gasteiger partial charge in [0.15, 0.2) is 11.5 Å². The lowest BCUT2D eigenvalue weighted by atomic mass is 9.97. The molecule has 1 saturated heterocycles. The number of carbonyl (C=O) groups is 1. The van der Waals surface area contributed by atoms with Crippen LogP contribution in [-0.4, -0.2) is 50.3 Å². The lowest BCUT2D eigenvalue weighted by molar-refractivity contribution is -0.119. The molecule has 28 heavy (non-hydrogen) atoms. The molecule has 0 aromatic carbocycles. The van der Waals surface area contributed by atoms with Crippen LogP contribution < -0.4 is 10.2 Å². The molecule has 1 atom stereocenters. The number of piperidine rings is 1. The minimum atomic E-state index is 0.0158. The van der Waals surface area contributed by atoms with Crippen molar-refractivity contribution in [2.45, 2.75) is 26.7 Å². The van der Waals surface area contributed by atoms with Crippen molar-refractivity contribution in [3.8, 4) is 11.5 Å². The summed E-state index contributed by atoms with van der Waals surface area (Å²) in [7, 11) is 1.91. The minimum Gasteiger partial charge on any atom is -0.356 e. The van der Waals surface area contributed by atoms with E-state index in [1.807, 2.05) is 32.2 Å². The van der Waals surface area contributed by atoms with Crippen molar-refractivity contribution in [2.24, 2.45) is 13.0 Å². The summed E-state index contributed by atoms with van der Waals surface area (Å²) in [6.07, 6.45) is 3.92. The average molecular weight is 379 g/mol. The molecule has 8 heteroatoms. The number of carbonyl (C=O) groups excluding carboxylic acids is 1. The Morgan fingerprint density at radius 3 is 2.93 bits per heavy atom. The van der Waals surface area contributed by atoms with Gasteiger partial charge in [-0.3, -0.25) is 14.5 Å². The maximum atomic E-state index is 11.3. The second-order valence-electron chi connectivity index (χ2n) is 7.38. The van der Waals surface area contributed by atoms with Crippen molar-refractivity contribution in [3.63, 3.8) is 0 Å². The Morgan fingerprint density at radius 2 is 2.18 bits per heavy atom. The molecule has 4 heterocycles. The van der Waals surface area contributed by atoms with Gasteiger partial charge >= 0.3 is 0 Å². The Bertz CT molecular complexity index is 999. The van der Waals surface area contributed by atoms with Crippen LogP contribution in [0.1, 0.15) is 25.5 Å². The van der Waals surface area contributed by atoms with E-state index < -0.39 is 0 Å². The van der Waals surface area contributed by atoms with Gasteiger partial charge in [-0.2, -0.15) is 5.10 Å². The zero-order valence-corrected chi connectivity index (χ0v) is 16.5. The largest absolute Gasteiger partial charge is 0.356 e. The van der Waals surface area contributed by atoms with E-state index in [1.165, 1.54) is 0 Å². The molecule has 1 aliphatic heterocycles. The van der Waals surface area contributed by atoms with Gasteiger partial charge in [0.1, 0.15) is 11.5 Å². The van der Waals surface area contributed by atoms with E-state index >= 15 is 0 Å². The number of nitrogens with zero attached hydrogens (tertiary/aromatic N) is 6. The van der Waals surface area contributed by atoms with Crippen molar-refractivity contribution < 1.29 is 4.79 Å². The predicted molar refractivity (Wildman–Crippen MR) is 108 cm³/mol. The summed E-state index contributed by atoms with van der Waals surface area (Å²) in [6.45, 7) is 6.03. The lowest BCUT2D eigenvalue weighted by Gasteiger charge is -2.34. The zero-order chi connectivity index (χ0) is 19.7. The highest BCUT2D eigenvalue weighted by atomic mass is 16.1. The fourth-order valence-electron chi connectivity index (χ4n) is 3.87. The molecular formula is C20H25N7O. The van der Waals surface area contributed by atoms with Crippen molar-refractivity contribution in [3.05, 3.63) is 30.1 Å². The summed E-state index contributed by atoms with van der Waals surface area (Å²) in [6, 6.07) is 5.74. The maximum absolute atomic E-state index is 11.3.